The maximum Gasteiger partial charge on any atom is 0.326 e. The van der Waals surface area contributed by atoms with Crippen LogP contribution in [-0.4, -0.2) is 32.8 Å². The molecule has 1 amide bonds. The highest BCUT2D eigenvalue weighted by molar-refractivity contribution is 5.95. The standard InChI is InChI=1S/C15H15F2N3O3/c1-8(2)13(15(22)23)18-14(21)11-5-6-20(19-11)12-4-3-9(16)7-10(12)17/h3-8,13H,1-2H3,(H,18,21)(H,22,23)/t13-/m1/s1. The number of carbonyl (C=O) groups excluding carboxylic acids is 1. The highest BCUT2D eigenvalue weighted by atomic mass is 19.1. The van der Waals surface area contributed by atoms with Gasteiger partial charge in [-0.1, -0.05) is 13.8 Å². The molecule has 0 saturated heterocycles. The molecule has 1 aromatic heterocycles. The van der Waals surface area contributed by atoms with Gasteiger partial charge in [0.2, 0.25) is 0 Å². The van der Waals surface area contributed by atoms with Gasteiger partial charge in [0.25, 0.3) is 5.91 Å². The van der Waals surface area contributed by atoms with Crippen molar-refractivity contribution in [3.63, 3.8) is 0 Å². The smallest absolute Gasteiger partial charge is 0.326 e. The van der Waals surface area contributed by atoms with E-state index in [2.05, 4.69) is 10.4 Å². The van der Waals surface area contributed by atoms with Gasteiger partial charge >= 0.3 is 5.97 Å². The average Bonchev–Trinajstić information content (AvgIpc) is 2.93. The first-order valence-corrected chi connectivity index (χ1v) is 6.84. The maximum absolute atomic E-state index is 13.7. The summed E-state index contributed by atoms with van der Waals surface area (Å²) in [6.45, 7) is 3.32. The summed E-state index contributed by atoms with van der Waals surface area (Å²) in [6, 6.07) is 3.22. The van der Waals surface area contributed by atoms with Crippen LogP contribution >= 0.6 is 0 Å². The topological polar surface area (TPSA) is 84.2 Å². The van der Waals surface area contributed by atoms with Crippen molar-refractivity contribution >= 4 is 11.9 Å². The number of hydrogen-bond acceptors (Lipinski definition) is 3. The van der Waals surface area contributed by atoms with Crippen LogP contribution in [0.4, 0.5) is 8.78 Å². The normalized spacial score (nSPS) is 12.2. The second-order valence-corrected chi connectivity index (χ2v) is 5.27. The number of aliphatic carboxylic acids is 1. The number of rotatable bonds is 5. The number of carboxylic acid groups (broad SMARTS) is 1. The predicted octanol–water partition coefficient (Wildman–Crippen LogP) is 1.99. The molecule has 8 heteroatoms. The molecule has 122 valence electrons. The fourth-order valence-corrected chi connectivity index (χ4v) is 1.98. The highest BCUT2D eigenvalue weighted by Gasteiger charge is 2.25. The van der Waals surface area contributed by atoms with Crippen LogP contribution < -0.4 is 5.32 Å². The third kappa shape index (κ3) is 3.71. The van der Waals surface area contributed by atoms with Gasteiger partial charge in [0.15, 0.2) is 11.5 Å². The third-order valence-corrected chi connectivity index (χ3v) is 3.20. The van der Waals surface area contributed by atoms with Crippen molar-refractivity contribution in [2.24, 2.45) is 5.92 Å². The number of halogens is 2. The Morgan fingerprint density at radius 2 is 1.96 bits per heavy atom. The van der Waals surface area contributed by atoms with Gasteiger partial charge < -0.3 is 10.4 Å². The van der Waals surface area contributed by atoms with Crippen LogP contribution in [0.3, 0.4) is 0 Å². The lowest BCUT2D eigenvalue weighted by Gasteiger charge is -2.16. The first-order valence-electron chi connectivity index (χ1n) is 6.84. The minimum absolute atomic E-state index is 0.0240. The van der Waals surface area contributed by atoms with Gasteiger partial charge in [-0.3, -0.25) is 4.79 Å². The Labute approximate surface area is 130 Å². The summed E-state index contributed by atoms with van der Waals surface area (Å²) in [5.74, 6) is -3.71. The summed E-state index contributed by atoms with van der Waals surface area (Å²) < 4.78 is 27.7. The molecule has 23 heavy (non-hydrogen) atoms. The van der Waals surface area contributed by atoms with Crippen LogP contribution in [0.1, 0.15) is 24.3 Å². The van der Waals surface area contributed by atoms with Gasteiger partial charge in [-0.05, 0) is 24.1 Å². The molecule has 1 heterocycles. The van der Waals surface area contributed by atoms with Gasteiger partial charge in [-0.25, -0.2) is 18.3 Å². The largest absolute Gasteiger partial charge is 0.480 e. The Kier molecular flexibility index (Phi) is 4.73. The SMILES string of the molecule is CC(C)[C@@H](NC(=O)c1ccn(-c2ccc(F)cc2F)n1)C(=O)O. The Hall–Kier alpha value is -2.77. The minimum Gasteiger partial charge on any atom is -0.480 e. The van der Waals surface area contributed by atoms with Crippen LogP contribution in [-0.2, 0) is 4.79 Å². The van der Waals surface area contributed by atoms with E-state index in [-0.39, 0.29) is 17.3 Å². The second-order valence-electron chi connectivity index (χ2n) is 5.27. The number of nitrogens with zero attached hydrogens (tertiary/aromatic N) is 2. The molecule has 0 unspecified atom stereocenters. The summed E-state index contributed by atoms with van der Waals surface area (Å²) in [7, 11) is 0. The van der Waals surface area contributed by atoms with Crippen LogP contribution in [0, 0.1) is 17.6 Å². The number of benzene rings is 1. The number of carboxylic acids is 1. The van der Waals surface area contributed by atoms with Crippen molar-refractivity contribution in [3.8, 4) is 5.69 Å². The minimum atomic E-state index is -1.16. The predicted molar refractivity (Wildman–Crippen MR) is 77.2 cm³/mol. The van der Waals surface area contributed by atoms with E-state index in [0.29, 0.717) is 6.07 Å². The van der Waals surface area contributed by atoms with Gasteiger partial charge in [0.05, 0.1) is 0 Å². The fourth-order valence-electron chi connectivity index (χ4n) is 1.98. The van der Waals surface area contributed by atoms with Crippen LogP contribution in [0.2, 0.25) is 0 Å². The van der Waals surface area contributed by atoms with Crippen LogP contribution in [0.25, 0.3) is 5.69 Å². The molecule has 2 rings (SSSR count). The molecule has 0 aliphatic rings. The summed E-state index contributed by atoms with van der Waals surface area (Å²) in [4.78, 5) is 23.1. The monoisotopic (exact) mass is 323 g/mol. The molecule has 0 aliphatic heterocycles. The summed E-state index contributed by atoms with van der Waals surface area (Å²) >= 11 is 0. The summed E-state index contributed by atoms with van der Waals surface area (Å²) in [5.41, 5.74) is -0.0929. The second kappa shape index (κ2) is 6.55. The maximum atomic E-state index is 13.7. The Morgan fingerprint density at radius 3 is 2.52 bits per heavy atom. The van der Waals surface area contributed by atoms with Crippen molar-refractivity contribution in [2.45, 2.75) is 19.9 Å². The van der Waals surface area contributed by atoms with Crippen molar-refractivity contribution < 1.29 is 23.5 Å². The van der Waals surface area contributed by atoms with E-state index in [0.717, 1.165) is 10.7 Å². The molecule has 0 spiro atoms. The molecular formula is C15H15F2N3O3. The van der Waals surface area contributed by atoms with E-state index in [1.807, 2.05) is 0 Å². The molecule has 0 aliphatic carbocycles. The van der Waals surface area contributed by atoms with E-state index in [9.17, 15) is 18.4 Å². The van der Waals surface area contributed by atoms with E-state index in [4.69, 9.17) is 5.11 Å². The number of nitrogens with one attached hydrogen (secondary N) is 1. The van der Waals surface area contributed by atoms with Gasteiger partial charge in [-0.15, -0.1) is 0 Å². The number of carbonyl (C=O) groups is 2. The fraction of sp³-hybridized carbons (Fsp3) is 0.267. The van der Waals surface area contributed by atoms with Crippen molar-refractivity contribution in [3.05, 3.63) is 47.8 Å². The Morgan fingerprint density at radius 1 is 1.26 bits per heavy atom. The zero-order valence-corrected chi connectivity index (χ0v) is 12.5. The van der Waals surface area contributed by atoms with E-state index >= 15 is 0 Å². The Bertz CT molecular complexity index is 743. The average molecular weight is 323 g/mol. The van der Waals surface area contributed by atoms with Gasteiger partial charge in [0.1, 0.15) is 17.5 Å². The lowest BCUT2D eigenvalue weighted by molar-refractivity contribution is -0.140. The summed E-state index contributed by atoms with van der Waals surface area (Å²) in [5, 5.41) is 15.3. The zero-order valence-electron chi connectivity index (χ0n) is 12.5. The molecule has 1 atom stereocenters. The molecular weight excluding hydrogens is 308 g/mol. The molecule has 2 aromatic rings. The van der Waals surface area contributed by atoms with E-state index in [1.165, 1.54) is 18.3 Å². The number of aromatic nitrogens is 2. The summed E-state index contributed by atoms with van der Waals surface area (Å²) in [6.07, 6.45) is 1.33. The van der Waals surface area contributed by atoms with Gasteiger partial charge in [0, 0.05) is 12.3 Å². The third-order valence-electron chi connectivity index (χ3n) is 3.20. The molecule has 0 bridgehead atoms. The van der Waals surface area contributed by atoms with E-state index < -0.39 is 29.6 Å². The van der Waals surface area contributed by atoms with Crippen molar-refractivity contribution in [1.29, 1.82) is 0 Å². The number of hydrogen-bond donors (Lipinski definition) is 2. The molecule has 0 saturated carbocycles. The van der Waals surface area contributed by atoms with Crippen LogP contribution in [0.5, 0.6) is 0 Å². The van der Waals surface area contributed by atoms with Gasteiger partial charge in [-0.2, -0.15) is 5.10 Å². The molecule has 2 N–H and O–H groups in total. The molecule has 6 nitrogen and oxygen atoms in total. The Balaban J connectivity index is 2.21. The lowest BCUT2D eigenvalue weighted by Crippen LogP contribution is -2.44. The van der Waals surface area contributed by atoms with Crippen LogP contribution in [0.15, 0.2) is 30.5 Å². The first kappa shape index (κ1) is 16.6. The number of amides is 1. The van der Waals surface area contributed by atoms with Crippen molar-refractivity contribution in [2.75, 3.05) is 0 Å². The zero-order chi connectivity index (χ0) is 17.1. The molecule has 0 fully saturated rings. The quantitative estimate of drug-likeness (QED) is 0.881. The first-order chi connectivity index (χ1) is 10.8. The van der Waals surface area contributed by atoms with E-state index in [1.54, 1.807) is 13.8 Å². The molecule has 0 radical (unpaired) electrons. The molecule has 1 aromatic carbocycles. The lowest BCUT2D eigenvalue weighted by atomic mass is 10.0. The highest BCUT2D eigenvalue weighted by Crippen LogP contribution is 2.14. The van der Waals surface area contributed by atoms with Crippen molar-refractivity contribution in [1.82, 2.24) is 15.1 Å².